The number of nitrogens with zero attached hydrogens (tertiary/aromatic N) is 3. The van der Waals surface area contributed by atoms with Gasteiger partial charge in [-0.15, -0.1) is 11.3 Å². The molecule has 2 N–H and O–H groups in total. The number of hydrogen-bond donors (Lipinski definition) is 2. The summed E-state index contributed by atoms with van der Waals surface area (Å²) in [6.07, 6.45) is 5.89. The predicted molar refractivity (Wildman–Crippen MR) is 117 cm³/mol. The summed E-state index contributed by atoms with van der Waals surface area (Å²) >= 11 is 1.38. The Hall–Kier alpha value is -3.26. The van der Waals surface area contributed by atoms with Crippen molar-refractivity contribution < 1.29 is 9.59 Å². The van der Waals surface area contributed by atoms with Gasteiger partial charge in [0.1, 0.15) is 11.7 Å². The first-order chi connectivity index (χ1) is 14.7. The Balaban J connectivity index is 1.42. The van der Waals surface area contributed by atoms with Gasteiger partial charge in [-0.1, -0.05) is 24.3 Å². The minimum atomic E-state index is -0.477. The van der Waals surface area contributed by atoms with Crippen LogP contribution in [0, 0.1) is 0 Å². The molecule has 1 aliphatic rings. The number of para-hydroxylation sites is 1. The molecular weight excluding hydrogens is 398 g/mol. The maximum Gasteiger partial charge on any atom is 0.274 e. The number of nitrogens with one attached hydrogen (secondary N) is 2. The van der Waals surface area contributed by atoms with Gasteiger partial charge < -0.3 is 15.5 Å². The number of hydrogen-bond acceptors (Lipinski definition) is 6. The van der Waals surface area contributed by atoms with Crippen LogP contribution >= 0.6 is 11.3 Å². The molecule has 7 nitrogen and oxygen atoms in total. The number of pyridine rings is 1. The van der Waals surface area contributed by atoms with Crippen molar-refractivity contribution in [1.29, 1.82) is 0 Å². The molecule has 2 aromatic heterocycles. The number of aromatic nitrogens is 2. The number of rotatable bonds is 6. The Kier molecular flexibility index (Phi) is 6.34. The summed E-state index contributed by atoms with van der Waals surface area (Å²) in [5, 5.41) is 8.54. The van der Waals surface area contributed by atoms with E-state index in [2.05, 4.69) is 20.6 Å². The van der Waals surface area contributed by atoms with Gasteiger partial charge >= 0.3 is 0 Å². The molecule has 1 aromatic carbocycles. The fourth-order valence-corrected chi connectivity index (χ4v) is 4.18. The van der Waals surface area contributed by atoms with E-state index < -0.39 is 6.04 Å². The van der Waals surface area contributed by atoms with Crippen LogP contribution < -0.4 is 10.6 Å². The van der Waals surface area contributed by atoms with Crippen molar-refractivity contribution in [3.8, 4) is 0 Å². The minimum absolute atomic E-state index is 0.134. The Morgan fingerprint density at radius 2 is 2.00 bits per heavy atom. The molecule has 3 heterocycles. The van der Waals surface area contributed by atoms with Gasteiger partial charge in [0.25, 0.3) is 5.91 Å². The van der Waals surface area contributed by atoms with Crippen molar-refractivity contribution in [2.75, 3.05) is 11.9 Å². The number of anilines is 2. The Morgan fingerprint density at radius 3 is 2.80 bits per heavy atom. The van der Waals surface area contributed by atoms with E-state index in [-0.39, 0.29) is 11.8 Å². The number of carbonyl (C=O) groups excluding carboxylic acids is 2. The number of thiazole rings is 1. The summed E-state index contributed by atoms with van der Waals surface area (Å²) in [6, 6.07) is 13.0. The highest BCUT2D eigenvalue weighted by molar-refractivity contribution is 7.14. The van der Waals surface area contributed by atoms with Gasteiger partial charge in [0.05, 0.1) is 0 Å². The molecule has 30 heavy (non-hydrogen) atoms. The lowest BCUT2D eigenvalue weighted by Gasteiger charge is -2.34. The van der Waals surface area contributed by atoms with E-state index in [0.29, 0.717) is 30.3 Å². The average molecular weight is 422 g/mol. The van der Waals surface area contributed by atoms with Crippen LogP contribution in [0.15, 0.2) is 60.2 Å². The number of carbonyl (C=O) groups is 2. The van der Waals surface area contributed by atoms with Crippen molar-refractivity contribution in [2.24, 2.45) is 0 Å². The monoisotopic (exact) mass is 421 g/mol. The van der Waals surface area contributed by atoms with E-state index >= 15 is 0 Å². The van der Waals surface area contributed by atoms with Crippen molar-refractivity contribution in [1.82, 2.24) is 20.2 Å². The van der Waals surface area contributed by atoms with Gasteiger partial charge in [0.2, 0.25) is 5.91 Å². The summed E-state index contributed by atoms with van der Waals surface area (Å²) in [5.41, 5.74) is 2.21. The topological polar surface area (TPSA) is 87.2 Å². The van der Waals surface area contributed by atoms with Crippen LogP contribution in [0.25, 0.3) is 0 Å². The van der Waals surface area contributed by atoms with Crippen LogP contribution in [0.3, 0.4) is 0 Å². The van der Waals surface area contributed by atoms with Crippen LogP contribution in [-0.2, 0) is 11.3 Å². The first-order valence-electron chi connectivity index (χ1n) is 9.96. The molecule has 0 aliphatic carbocycles. The molecule has 2 amide bonds. The zero-order valence-corrected chi connectivity index (χ0v) is 17.3. The molecule has 0 bridgehead atoms. The van der Waals surface area contributed by atoms with Crippen LogP contribution in [-0.4, -0.2) is 39.3 Å². The molecule has 1 fully saturated rings. The SMILES string of the molecule is O=C(NCc1cccnc1)[C@H]1CCCCN1C(=O)c1csc(Nc2ccccc2)n1. The molecule has 8 heteroatoms. The van der Waals surface area contributed by atoms with Crippen molar-refractivity contribution in [3.05, 3.63) is 71.5 Å². The highest BCUT2D eigenvalue weighted by atomic mass is 32.1. The third-order valence-electron chi connectivity index (χ3n) is 5.00. The zero-order valence-electron chi connectivity index (χ0n) is 16.5. The van der Waals surface area contributed by atoms with Gasteiger partial charge in [0, 0.05) is 36.6 Å². The first-order valence-corrected chi connectivity index (χ1v) is 10.8. The standard InChI is InChI=1S/C22H23N5O2S/c28-20(24-14-16-7-6-11-23-13-16)19-10-4-5-12-27(19)21(29)18-15-30-22(26-18)25-17-8-2-1-3-9-17/h1-3,6-9,11,13,15,19H,4-5,10,12,14H2,(H,24,28)(H,25,26)/t19-/m1/s1. The third-order valence-corrected chi connectivity index (χ3v) is 5.76. The molecule has 1 saturated heterocycles. The van der Waals surface area contributed by atoms with E-state index in [9.17, 15) is 9.59 Å². The Morgan fingerprint density at radius 1 is 1.13 bits per heavy atom. The molecule has 0 unspecified atom stereocenters. The lowest BCUT2D eigenvalue weighted by Crippen LogP contribution is -2.51. The van der Waals surface area contributed by atoms with E-state index in [1.807, 2.05) is 42.5 Å². The predicted octanol–water partition coefficient (Wildman–Crippen LogP) is 3.59. The number of amides is 2. The second kappa shape index (κ2) is 9.49. The van der Waals surface area contributed by atoms with Crippen molar-refractivity contribution >= 4 is 34.0 Å². The molecule has 0 spiro atoms. The van der Waals surface area contributed by atoms with Gasteiger partial charge in [-0.2, -0.15) is 0 Å². The summed E-state index contributed by atoms with van der Waals surface area (Å²) in [5.74, 6) is -0.335. The second-order valence-corrected chi connectivity index (χ2v) is 7.98. The molecule has 1 aliphatic heterocycles. The quantitative estimate of drug-likeness (QED) is 0.635. The zero-order chi connectivity index (χ0) is 20.8. The highest BCUT2D eigenvalue weighted by Crippen LogP contribution is 2.24. The first kappa shape index (κ1) is 20.0. The minimum Gasteiger partial charge on any atom is -0.350 e. The van der Waals surface area contributed by atoms with Crippen molar-refractivity contribution in [2.45, 2.75) is 31.8 Å². The summed E-state index contributed by atoms with van der Waals surface area (Å²) in [6.45, 7) is 0.954. The average Bonchev–Trinajstić information content (AvgIpc) is 3.27. The fraction of sp³-hybridized carbons (Fsp3) is 0.273. The van der Waals surface area contributed by atoms with Gasteiger partial charge in [-0.25, -0.2) is 4.98 Å². The van der Waals surface area contributed by atoms with E-state index in [4.69, 9.17) is 0 Å². The highest BCUT2D eigenvalue weighted by Gasteiger charge is 2.33. The number of benzene rings is 1. The van der Waals surface area contributed by atoms with Gasteiger partial charge in [-0.05, 0) is 43.0 Å². The summed E-state index contributed by atoms with van der Waals surface area (Å²) in [4.78, 5) is 36.1. The Labute approximate surface area is 179 Å². The normalized spacial score (nSPS) is 16.1. The van der Waals surface area contributed by atoms with Crippen LogP contribution in [0.5, 0.6) is 0 Å². The van der Waals surface area contributed by atoms with E-state index in [1.54, 1.807) is 22.7 Å². The maximum atomic E-state index is 13.1. The smallest absolute Gasteiger partial charge is 0.274 e. The largest absolute Gasteiger partial charge is 0.350 e. The molecular formula is C22H23N5O2S. The fourth-order valence-electron chi connectivity index (χ4n) is 3.48. The van der Waals surface area contributed by atoms with E-state index in [1.165, 1.54) is 11.3 Å². The van der Waals surface area contributed by atoms with E-state index in [0.717, 1.165) is 24.1 Å². The molecule has 0 radical (unpaired) electrons. The molecule has 3 aromatic rings. The summed E-state index contributed by atoms with van der Waals surface area (Å²) < 4.78 is 0. The lowest BCUT2D eigenvalue weighted by molar-refractivity contribution is -0.126. The van der Waals surface area contributed by atoms with Crippen LogP contribution in [0.4, 0.5) is 10.8 Å². The van der Waals surface area contributed by atoms with Gasteiger partial charge in [0.15, 0.2) is 5.13 Å². The third kappa shape index (κ3) is 4.83. The van der Waals surface area contributed by atoms with Crippen LogP contribution in [0.2, 0.25) is 0 Å². The van der Waals surface area contributed by atoms with Gasteiger partial charge in [-0.3, -0.25) is 14.6 Å². The Bertz CT molecular complexity index is 993. The molecule has 1 atom stereocenters. The number of likely N-dealkylation sites (tertiary alicyclic amines) is 1. The van der Waals surface area contributed by atoms with Crippen molar-refractivity contribution in [3.63, 3.8) is 0 Å². The lowest BCUT2D eigenvalue weighted by atomic mass is 10.0. The maximum absolute atomic E-state index is 13.1. The molecule has 4 rings (SSSR count). The molecule has 154 valence electrons. The van der Waals surface area contributed by atoms with Crippen LogP contribution in [0.1, 0.15) is 35.3 Å². The second-order valence-electron chi connectivity index (χ2n) is 7.12. The summed E-state index contributed by atoms with van der Waals surface area (Å²) in [7, 11) is 0. The number of piperidine rings is 1. The molecule has 0 saturated carbocycles.